The predicted octanol–water partition coefficient (Wildman–Crippen LogP) is 2.22. The summed E-state index contributed by atoms with van der Waals surface area (Å²) in [7, 11) is 0. The van der Waals surface area contributed by atoms with Crippen molar-refractivity contribution in [1.29, 1.82) is 0 Å². The van der Waals surface area contributed by atoms with Crippen LogP contribution < -0.4 is 10.6 Å². The first-order chi connectivity index (χ1) is 10.2. The molecule has 2 unspecified atom stereocenters. The first-order valence-electron chi connectivity index (χ1n) is 7.16. The van der Waals surface area contributed by atoms with Crippen molar-refractivity contribution in [3.63, 3.8) is 0 Å². The molecule has 0 amide bonds. The third-order valence-corrected chi connectivity index (χ3v) is 4.93. The minimum atomic E-state index is -0.240. The Morgan fingerprint density at radius 2 is 2.00 bits per heavy atom. The standard InChI is InChI=1S/C16H19FN2OS/c17-13-3-1-11(2-4-13)16-6-5-14(21-16)9-18-7-12-8-19-10-15(12)20/h1-6,12,15,18-20H,7-10H2. The van der Waals surface area contributed by atoms with Crippen LogP contribution in [0.5, 0.6) is 0 Å². The zero-order valence-electron chi connectivity index (χ0n) is 11.7. The maximum atomic E-state index is 12.9. The normalized spacial score (nSPS) is 21.8. The van der Waals surface area contributed by atoms with Gasteiger partial charge in [-0.3, -0.25) is 0 Å². The van der Waals surface area contributed by atoms with E-state index >= 15 is 0 Å². The lowest BCUT2D eigenvalue weighted by Crippen LogP contribution is -2.29. The Morgan fingerprint density at radius 1 is 1.19 bits per heavy atom. The molecule has 0 radical (unpaired) electrons. The average Bonchev–Trinajstić information content (AvgIpc) is 3.10. The van der Waals surface area contributed by atoms with Crippen molar-refractivity contribution in [2.45, 2.75) is 12.6 Å². The van der Waals surface area contributed by atoms with E-state index < -0.39 is 0 Å². The molecule has 1 fully saturated rings. The maximum Gasteiger partial charge on any atom is 0.123 e. The Labute approximate surface area is 127 Å². The van der Waals surface area contributed by atoms with Gasteiger partial charge in [0, 0.05) is 41.9 Å². The second-order valence-electron chi connectivity index (χ2n) is 5.39. The Morgan fingerprint density at radius 3 is 2.71 bits per heavy atom. The highest BCUT2D eigenvalue weighted by Gasteiger charge is 2.24. The van der Waals surface area contributed by atoms with Crippen LogP contribution in [0.4, 0.5) is 4.39 Å². The average molecular weight is 306 g/mol. The molecule has 112 valence electrons. The van der Waals surface area contributed by atoms with Crippen LogP contribution in [0.2, 0.25) is 0 Å². The Balaban J connectivity index is 1.54. The number of thiophene rings is 1. The first-order valence-corrected chi connectivity index (χ1v) is 7.98. The molecule has 3 nitrogen and oxygen atoms in total. The van der Waals surface area contributed by atoms with Gasteiger partial charge in [0.15, 0.2) is 0 Å². The molecule has 0 saturated carbocycles. The number of aliphatic hydroxyl groups is 1. The van der Waals surface area contributed by atoms with Crippen molar-refractivity contribution in [2.75, 3.05) is 19.6 Å². The van der Waals surface area contributed by atoms with Crippen LogP contribution in [-0.4, -0.2) is 30.8 Å². The number of halogens is 1. The number of β-amino-alcohol motifs (C(OH)–C–C–N with tert-alkyl or cyclic N) is 1. The lowest BCUT2D eigenvalue weighted by atomic mass is 10.1. The van der Waals surface area contributed by atoms with Gasteiger partial charge in [0.2, 0.25) is 0 Å². The topological polar surface area (TPSA) is 44.3 Å². The highest BCUT2D eigenvalue weighted by Crippen LogP contribution is 2.28. The van der Waals surface area contributed by atoms with Crippen LogP contribution in [0.25, 0.3) is 10.4 Å². The second kappa shape index (κ2) is 6.66. The molecule has 21 heavy (non-hydrogen) atoms. The molecule has 5 heteroatoms. The molecule has 1 aromatic carbocycles. The molecule has 3 N–H and O–H groups in total. The zero-order chi connectivity index (χ0) is 14.7. The van der Waals surface area contributed by atoms with E-state index in [1.807, 2.05) is 0 Å². The Hall–Kier alpha value is -1.27. The van der Waals surface area contributed by atoms with E-state index in [1.165, 1.54) is 17.0 Å². The smallest absolute Gasteiger partial charge is 0.123 e. The fourth-order valence-electron chi connectivity index (χ4n) is 2.55. The van der Waals surface area contributed by atoms with Crippen molar-refractivity contribution < 1.29 is 9.50 Å². The van der Waals surface area contributed by atoms with Gasteiger partial charge in [0.25, 0.3) is 0 Å². The first kappa shape index (κ1) is 14.7. The van der Waals surface area contributed by atoms with Crippen molar-refractivity contribution >= 4 is 11.3 Å². The molecule has 2 heterocycles. The summed E-state index contributed by atoms with van der Waals surface area (Å²) in [5, 5.41) is 16.3. The highest BCUT2D eigenvalue weighted by molar-refractivity contribution is 7.15. The van der Waals surface area contributed by atoms with Crippen LogP contribution in [0.3, 0.4) is 0 Å². The molecule has 3 rings (SSSR count). The number of nitrogens with one attached hydrogen (secondary N) is 2. The third kappa shape index (κ3) is 3.68. The van der Waals surface area contributed by atoms with Crippen molar-refractivity contribution in [3.05, 3.63) is 47.1 Å². The minimum absolute atomic E-state index is 0.207. The van der Waals surface area contributed by atoms with Gasteiger partial charge < -0.3 is 15.7 Å². The van der Waals surface area contributed by atoms with Crippen LogP contribution >= 0.6 is 11.3 Å². The largest absolute Gasteiger partial charge is 0.391 e. The fraction of sp³-hybridized carbons (Fsp3) is 0.375. The summed E-state index contributed by atoms with van der Waals surface area (Å²) in [6.07, 6.45) is -0.240. The number of rotatable bonds is 5. The SMILES string of the molecule is OC1CNCC1CNCc1ccc(-c2ccc(F)cc2)s1. The number of aliphatic hydroxyl groups excluding tert-OH is 1. The van der Waals surface area contributed by atoms with Gasteiger partial charge in [-0.05, 0) is 29.8 Å². The van der Waals surface area contributed by atoms with Gasteiger partial charge >= 0.3 is 0 Å². The van der Waals surface area contributed by atoms with Gasteiger partial charge in [-0.1, -0.05) is 12.1 Å². The van der Waals surface area contributed by atoms with Crippen LogP contribution in [0.1, 0.15) is 4.88 Å². The number of benzene rings is 1. The van der Waals surface area contributed by atoms with E-state index in [9.17, 15) is 9.50 Å². The van der Waals surface area contributed by atoms with E-state index in [0.29, 0.717) is 12.5 Å². The number of hydrogen-bond donors (Lipinski definition) is 3. The van der Waals surface area contributed by atoms with Gasteiger partial charge in [0.1, 0.15) is 5.82 Å². The van der Waals surface area contributed by atoms with Crippen molar-refractivity contribution in [3.8, 4) is 10.4 Å². The van der Waals surface area contributed by atoms with Crippen LogP contribution in [0, 0.1) is 11.7 Å². The van der Waals surface area contributed by atoms with Crippen LogP contribution in [0.15, 0.2) is 36.4 Å². The molecule has 2 atom stereocenters. The zero-order valence-corrected chi connectivity index (χ0v) is 12.5. The lowest BCUT2D eigenvalue weighted by Gasteiger charge is -2.13. The molecular weight excluding hydrogens is 287 g/mol. The van der Waals surface area contributed by atoms with Crippen molar-refractivity contribution in [1.82, 2.24) is 10.6 Å². The Kier molecular flexibility index (Phi) is 4.65. The van der Waals surface area contributed by atoms with E-state index in [4.69, 9.17) is 0 Å². The third-order valence-electron chi connectivity index (χ3n) is 3.80. The van der Waals surface area contributed by atoms with Gasteiger partial charge in [-0.15, -0.1) is 11.3 Å². The Bertz CT molecular complexity index is 584. The molecular formula is C16H19FN2OS. The summed E-state index contributed by atoms with van der Waals surface area (Å²) in [6, 6.07) is 10.8. The summed E-state index contributed by atoms with van der Waals surface area (Å²) < 4.78 is 12.9. The minimum Gasteiger partial charge on any atom is -0.391 e. The maximum absolute atomic E-state index is 12.9. The molecule has 0 aliphatic carbocycles. The summed E-state index contributed by atoms with van der Waals surface area (Å²) in [6.45, 7) is 3.19. The van der Waals surface area contributed by atoms with E-state index in [-0.39, 0.29) is 11.9 Å². The summed E-state index contributed by atoms with van der Waals surface area (Å²) in [5.74, 6) is 0.0856. The molecule has 1 aromatic heterocycles. The lowest BCUT2D eigenvalue weighted by molar-refractivity contribution is 0.146. The predicted molar refractivity (Wildman–Crippen MR) is 83.8 cm³/mol. The van der Waals surface area contributed by atoms with E-state index in [2.05, 4.69) is 22.8 Å². The van der Waals surface area contributed by atoms with Crippen molar-refractivity contribution in [2.24, 2.45) is 5.92 Å². The monoisotopic (exact) mass is 306 g/mol. The molecule has 0 bridgehead atoms. The molecule has 0 spiro atoms. The fourth-order valence-corrected chi connectivity index (χ4v) is 3.53. The highest BCUT2D eigenvalue weighted by atomic mass is 32.1. The summed E-state index contributed by atoms with van der Waals surface area (Å²) in [5.41, 5.74) is 1.04. The molecule has 1 aliphatic rings. The van der Waals surface area contributed by atoms with Crippen LogP contribution in [-0.2, 0) is 6.54 Å². The molecule has 1 saturated heterocycles. The quantitative estimate of drug-likeness (QED) is 0.794. The summed E-state index contributed by atoms with van der Waals surface area (Å²) in [4.78, 5) is 2.39. The summed E-state index contributed by atoms with van der Waals surface area (Å²) >= 11 is 1.71. The van der Waals surface area contributed by atoms with Gasteiger partial charge in [-0.25, -0.2) is 4.39 Å². The number of hydrogen-bond acceptors (Lipinski definition) is 4. The van der Waals surface area contributed by atoms with Gasteiger partial charge in [0.05, 0.1) is 6.10 Å². The molecule has 1 aliphatic heterocycles. The second-order valence-corrected chi connectivity index (χ2v) is 6.56. The van der Waals surface area contributed by atoms with Gasteiger partial charge in [-0.2, -0.15) is 0 Å². The van der Waals surface area contributed by atoms with E-state index in [1.54, 1.807) is 23.5 Å². The molecule has 2 aromatic rings. The van der Waals surface area contributed by atoms with E-state index in [0.717, 1.165) is 30.1 Å².